The summed E-state index contributed by atoms with van der Waals surface area (Å²) in [6, 6.07) is 4.95. The molecule has 0 atom stereocenters. The number of phenolic OH excluding ortho intramolecular Hbond substituents is 1. The topological polar surface area (TPSA) is 82.2 Å². The number of carbonyl (C=O) groups is 2. The Morgan fingerprint density at radius 1 is 1.32 bits per heavy atom. The molecule has 19 heavy (non-hydrogen) atoms. The van der Waals surface area contributed by atoms with Crippen molar-refractivity contribution in [1.29, 1.82) is 0 Å². The zero-order valence-electron chi connectivity index (χ0n) is 10.9. The molecule has 1 amide bonds. The van der Waals surface area contributed by atoms with Crippen molar-refractivity contribution >= 4 is 22.6 Å². The molecule has 0 unspecified atom stereocenters. The minimum atomic E-state index is -0.0955. The van der Waals surface area contributed by atoms with E-state index in [9.17, 15) is 14.7 Å². The maximum Gasteiger partial charge on any atom is 0.216 e. The SMILES string of the molecule is CC(=O)NCCc1c(C(C)=O)[nH]c2cc(O)ccc12. The number of hydrogen-bond donors (Lipinski definition) is 3. The van der Waals surface area contributed by atoms with Gasteiger partial charge in [-0.2, -0.15) is 0 Å². The lowest BCUT2D eigenvalue weighted by Gasteiger charge is -2.03. The van der Waals surface area contributed by atoms with E-state index in [1.807, 2.05) is 0 Å². The normalized spacial score (nSPS) is 10.6. The summed E-state index contributed by atoms with van der Waals surface area (Å²) in [7, 11) is 0. The number of ketones is 1. The van der Waals surface area contributed by atoms with Gasteiger partial charge in [-0.25, -0.2) is 0 Å². The molecule has 0 saturated carbocycles. The summed E-state index contributed by atoms with van der Waals surface area (Å²) >= 11 is 0. The second-order valence-corrected chi connectivity index (χ2v) is 4.50. The van der Waals surface area contributed by atoms with E-state index < -0.39 is 0 Å². The molecule has 3 N–H and O–H groups in total. The lowest BCUT2D eigenvalue weighted by atomic mass is 10.1. The molecule has 0 radical (unpaired) electrons. The number of fused-ring (bicyclic) bond motifs is 1. The average Bonchev–Trinajstić information content (AvgIpc) is 2.67. The molecule has 2 aromatic rings. The molecular formula is C14H16N2O3. The smallest absolute Gasteiger partial charge is 0.216 e. The maximum absolute atomic E-state index is 11.6. The van der Waals surface area contributed by atoms with Gasteiger partial charge in [0.1, 0.15) is 5.75 Å². The van der Waals surface area contributed by atoms with Crippen LogP contribution in [0.3, 0.4) is 0 Å². The Labute approximate surface area is 110 Å². The Balaban J connectivity index is 2.40. The van der Waals surface area contributed by atoms with Gasteiger partial charge in [0, 0.05) is 37.4 Å². The highest BCUT2D eigenvalue weighted by Gasteiger charge is 2.14. The number of rotatable bonds is 4. The summed E-state index contributed by atoms with van der Waals surface area (Å²) in [5, 5.41) is 13.1. The molecule has 1 aromatic carbocycles. The predicted octanol–water partition coefficient (Wildman–Crippen LogP) is 1.75. The van der Waals surface area contributed by atoms with Crippen LogP contribution in [0.25, 0.3) is 10.9 Å². The fourth-order valence-corrected chi connectivity index (χ4v) is 2.17. The van der Waals surface area contributed by atoms with Crippen LogP contribution in [0.15, 0.2) is 18.2 Å². The van der Waals surface area contributed by atoms with Crippen LogP contribution in [-0.2, 0) is 11.2 Å². The quantitative estimate of drug-likeness (QED) is 0.732. The number of hydrogen-bond acceptors (Lipinski definition) is 3. The van der Waals surface area contributed by atoms with Crippen LogP contribution in [0.4, 0.5) is 0 Å². The van der Waals surface area contributed by atoms with Gasteiger partial charge in [0.2, 0.25) is 5.91 Å². The first kappa shape index (κ1) is 13.1. The molecule has 0 aliphatic heterocycles. The Bertz CT molecular complexity index is 643. The molecule has 0 spiro atoms. The van der Waals surface area contributed by atoms with Crippen LogP contribution in [0.1, 0.15) is 29.9 Å². The van der Waals surface area contributed by atoms with Gasteiger partial charge in [0.15, 0.2) is 5.78 Å². The fourth-order valence-electron chi connectivity index (χ4n) is 2.17. The van der Waals surface area contributed by atoms with E-state index in [1.54, 1.807) is 18.2 Å². The maximum atomic E-state index is 11.6. The van der Waals surface area contributed by atoms with Gasteiger partial charge in [0.25, 0.3) is 0 Å². The molecule has 0 fully saturated rings. The van der Waals surface area contributed by atoms with Crippen molar-refractivity contribution in [2.75, 3.05) is 6.54 Å². The molecule has 0 aliphatic rings. The number of phenols is 1. The monoisotopic (exact) mass is 260 g/mol. The Morgan fingerprint density at radius 2 is 2.05 bits per heavy atom. The molecule has 100 valence electrons. The Hall–Kier alpha value is -2.30. The minimum Gasteiger partial charge on any atom is -0.508 e. The standard InChI is InChI=1S/C14H16N2O3/c1-8(17)14-12(5-6-15-9(2)18)11-4-3-10(19)7-13(11)16-14/h3-4,7,16,19H,5-6H2,1-2H3,(H,15,18). The third kappa shape index (κ3) is 2.76. The van der Waals surface area contributed by atoms with Gasteiger partial charge in [0.05, 0.1) is 5.69 Å². The van der Waals surface area contributed by atoms with Crippen LogP contribution in [0, 0.1) is 0 Å². The van der Waals surface area contributed by atoms with Crippen molar-refractivity contribution in [3.8, 4) is 5.75 Å². The molecule has 0 saturated heterocycles. The largest absolute Gasteiger partial charge is 0.508 e. The number of aromatic nitrogens is 1. The number of carbonyl (C=O) groups excluding carboxylic acids is 2. The van der Waals surface area contributed by atoms with Crippen molar-refractivity contribution in [3.05, 3.63) is 29.5 Å². The van der Waals surface area contributed by atoms with E-state index >= 15 is 0 Å². The number of benzene rings is 1. The molecule has 5 heteroatoms. The fraction of sp³-hybridized carbons (Fsp3) is 0.286. The zero-order valence-corrected chi connectivity index (χ0v) is 10.9. The number of nitrogens with one attached hydrogen (secondary N) is 2. The highest BCUT2D eigenvalue weighted by atomic mass is 16.3. The Kier molecular flexibility index (Phi) is 3.55. The third-order valence-electron chi connectivity index (χ3n) is 2.99. The highest BCUT2D eigenvalue weighted by molar-refractivity contribution is 6.01. The first-order chi connectivity index (χ1) is 8.99. The average molecular weight is 260 g/mol. The van der Waals surface area contributed by atoms with Crippen molar-refractivity contribution in [2.24, 2.45) is 0 Å². The first-order valence-electron chi connectivity index (χ1n) is 6.08. The number of amides is 1. The summed E-state index contributed by atoms with van der Waals surface area (Å²) in [5.41, 5.74) is 2.13. The number of aromatic amines is 1. The van der Waals surface area contributed by atoms with Crippen LogP contribution < -0.4 is 5.32 Å². The van der Waals surface area contributed by atoms with Crippen LogP contribution in [0.5, 0.6) is 5.75 Å². The number of Topliss-reactive ketones (excluding diaryl/α,β-unsaturated/α-hetero) is 1. The van der Waals surface area contributed by atoms with E-state index in [4.69, 9.17) is 0 Å². The lowest BCUT2D eigenvalue weighted by molar-refractivity contribution is -0.118. The van der Waals surface area contributed by atoms with E-state index in [1.165, 1.54) is 13.8 Å². The number of aromatic hydroxyl groups is 1. The van der Waals surface area contributed by atoms with Crippen LogP contribution in [-0.4, -0.2) is 28.3 Å². The summed E-state index contributed by atoms with van der Waals surface area (Å²) in [5.74, 6) is -0.00682. The van der Waals surface area contributed by atoms with Crippen molar-refractivity contribution in [3.63, 3.8) is 0 Å². The molecule has 0 aliphatic carbocycles. The van der Waals surface area contributed by atoms with E-state index in [0.29, 0.717) is 18.7 Å². The minimum absolute atomic E-state index is 0.0616. The summed E-state index contributed by atoms with van der Waals surface area (Å²) in [4.78, 5) is 25.5. The van der Waals surface area contributed by atoms with Crippen molar-refractivity contribution < 1.29 is 14.7 Å². The second-order valence-electron chi connectivity index (χ2n) is 4.50. The lowest BCUT2D eigenvalue weighted by Crippen LogP contribution is -2.22. The van der Waals surface area contributed by atoms with Crippen LogP contribution >= 0.6 is 0 Å². The second kappa shape index (κ2) is 5.14. The van der Waals surface area contributed by atoms with Gasteiger partial charge in [-0.3, -0.25) is 9.59 Å². The van der Waals surface area contributed by atoms with Gasteiger partial charge < -0.3 is 15.4 Å². The van der Waals surface area contributed by atoms with Crippen LogP contribution in [0.2, 0.25) is 0 Å². The van der Waals surface area contributed by atoms with E-state index in [-0.39, 0.29) is 17.4 Å². The van der Waals surface area contributed by atoms with E-state index in [2.05, 4.69) is 10.3 Å². The van der Waals surface area contributed by atoms with Gasteiger partial charge in [-0.1, -0.05) is 0 Å². The van der Waals surface area contributed by atoms with Crippen molar-refractivity contribution in [2.45, 2.75) is 20.3 Å². The third-order valence-corrected chi connectivity index (χ3v) is 2.99. The highest BCUT2D eigenvalue weighted by Crippen LogP contribution is 2.26. The number of H-pyrrole nitrogens is 1. The predicted molar refractivity (Wildman–Crippen MR) is 72.4 cm³/mol. The van der Waals surface area contributed by atoms with Gasteiger partial charge in [-0.05, 0) is 24.1 Å². The molecule has 1 heterocycles. The van der Waals surface area contributed by atoms with E-state index in [0.717, 1.165) is 16.5 Å². The summed E-state index contributed by atoms with van der Waals surface area (Å²) in [6.07, 6.45) is 0.569. The molecule has 5 nitrogen and oxygen atoms in total. The Morgan fingerprint density at radius 3 is 2.68 bits per heavy atom. The van der Waals surface area contributed by atoms with Gasteiger partial charge >= 0.3 is 0 Å². The molecular weight excluding hydrogens is 244 g/mol. The molecule has 2 rings (SSSR count). The van der Waals surface area contributed by atoms with Crippen molar-refractivity contribution in [1.82, 2.24) is 10.3 Å². The molecule has 0 bridgehead atoms. The zero-order chi connectivity index (χ0) is 14.0. The summed E-state index contributed by atoms with van der Waals surface area (Å²) < 4.78 is 0. The van der Waals surface area contributed by atoms with Gasteiger partial charge in [-0.15, -0.1) is 0 Å². The summed E-state index contributed by atoms with van der Waals surface area (Å²) in [6.45, 7) is 3.43. The molecule has 1 aromatic heterocycles. The first-order valence-corrected chi connectivity index (χ1v) is 6.08.